The fourth-order valence-electron chi connectivity index (χ4n) is 1.72. The van der Waals surface area contributed by atoms with Gasteiger partial charge < -0.3 is 20.5 Å². The van der Waals surface area contributed by atoms with Crippen LogP contribution in [0.5, 0.6) is 11.5 Å². The smallest absolute Gasteiger partial charge is 0.220 e. The average Bonchev–Trinajstić information content (AvgIpc) is 2.49. The van der Waals surface area contributed by atoms with Crippen molar-refractivity contribution in [2.24, 2.45) is 5.73 Å². The van der Waals surface area contributed by atoms with Gasteiger partial charge in [-0.05, 0) is 31.5 Å². The van der Waals surface area contributed by atoms with Crippen molar-refractivity contribution in [3.63, 3.8) is 0 Å². The molecule has 0 aliphatic heterocycles. The van der Waals surface area contributed by atoms with Crippen molar-refractivity contribution in [1.82, 2.24) is 5.32 Å². The number of amides is 1. The highest BCUT2D eigenvalue weighted by Crippen LogP contribution is 2.28. The summed E-state index contributed by atoms with van der Waals surface area (Å²) < 4.78 is 10.8. The van der Waals surface area contributed by atoms with E-state index in [1.165, 1.54) is 14.0 Å². The minimum atomic E-state index is -0.0389. The molecule has 21 heavy (non-hydrogen) atoms. The summed E-state index contributed by atoms with van der Waals surface area (Å²) in [7, 11) is 1.52. The maximum Gasteiger partial charge on any atom is 0.220 e. The van der Waals surface area contributed by atoms with Gasteiger partial charge in [-0.3, -0.25) is 9.59 Å². The Kier molecular flexibility index (Phi) is 7.25. The lowest BCUT2D eigenvalue weighted by Crippen LogP contribution is -2.29. The number of benzene rings is 1. The molecule has 0 spiro atoms. The Morgan fingerprint density at radius 1 is 1.29 bits per heavy atom. The van der Waals surface area contributed by atoms with Crippen molar-refractivity contribution in [3.8, 4) is 11.5 Å². The maximum atomic E-state index is 11.4. The Morgan fingerprint density at radius 2 is 2.05 bits per heavy atom. The van der Waals surface area contributed by atoms with Crippen molar-refractivity contribution in [3.05, 3.63) is 23.8 Å². The predicted octanol–water partition coefficient (Wildman–Crippen LogP) is 1.13. The van der Waals surface area contributed by atoms with Crippen LogP contribution in [0.15, 0.2) is 18.2 Å². The molecular formula is C15H22N2O4. The van der Waals surface area contributed by atoms with Gasteiger partial charge in [0.15, 0.2) is 17.3 Å². The van der Waals surface area contributed by atoms with Gasteiger partial charge in [0.1, 0.15) is 0 Å². The first-order valence-corrected chi connectivity index (χ1v) is 6.87. The number of methoxy groups -OCH3 is 1. The van der Waals surface area contributed by atoms with Crippen LogP contribution in [0.4, 0.5) is 0 Å². The Bertz CT molecular complexity index is 489. The van der Waals surface area contributed by atoms with Gasteiger partial charge in [-0.15, -0.1) is 0 Å². The molecular weight excluding hydrogens is 272 g/mol. The van der Waals surface area contributed by atoms with Crippen LogP contribution < -0.4 is 20.5 Å². The lowest BCUT2D eigenvalue weighted by molar-refractivity contribution is -0.121. The van der Waals surface area contributed by atoms with Gasteiger partial charge in [0.05, 0.1) is 13.7 Å². The molecule has 1 aromatic rings. The first kappa shape index (κ1) is 17.0. The summed E-state index contributed by atoms with van der Waals surface area (Å²) >= 11 is 0. The van der Waals surface area contributed by atoms with Crippen LogP contribution in [-0.4, -0.2) is 38.5 Å². The van der Waals surface area contributed by atoms with Crippen LogP contribution in [0.2, 0.25) is 0 Å². The summed E-state index contributed by atoms with van der Waals surface area (Å²) in [5.41, 5.74) is 5.87. The van der Waals surface area contributed by atoms with Gasteiger partial charge in [0.2, 0.25) is 5.91 Å². The number of rotatable bonds is 9. The molecule has 0 fully saturated rings. The zero-order chi connectivity index (χ0) is 15.7. The number of carbonyl (C=O) groups excluding carboxylic acids is 2. The predicted molar refractivity (Wildman–Crippen MR) is 79.8 cm³/mol. The highest BCUT2D eigenvalue weighted by atomic mass is 16.5. The van der Waals surface area contributed by atoms with Gasteiger partial charge in [0.25, 0.3) is 0 Å². The van der Waals surface area contributed by atoms with Gasteiger partial charge in [-0.2, -0.15) is 0 Å². The topological polar surface area (TPSA) is 90.6 Å². The van der Waals surface area contributed by atoms with Crippen molar-refractivity contribution in [2.45, 2.75) is 19.8 Å². The zero-order valence-electron chi connectivity index (χ0n) is 12.5. The van der Waals surface area contributed by atoms with Gasteiger partial charge in [-0.25, -0.2) is 0 Å². The van der Waals surface area contributed by atoms with Crippen LogP contribution in [0.25, 0.3) is 0 Å². The van der Waals surface area contributed by atoms with E-state index >= 15 is 0 Å². The molecule has 1 aromatic carbocycles. The standard InChI is InChI=1S/C15H22N2O4/c1-11(18)12-5-6-13(14(10-12)20-2)21-9-3-4-15(19)17-8-7-16/h5-6,10H,3-4,7-9,16H2,1-2H3,(H,17,19). The minimum absolute atomic E-state index is 0.0311. The van der Waals surface area contributed by atoms with E-state index in [0.717, 1.165) is 0 Å². The van der Waals surface area contributed by atoms with Gasteiger partial charge >= 0.3 is 0 Å². The molecule has 1 rings (SSSR count). The molecule has 0 radical (unpaired) electrons. The number of ether oxygens (including phenoxy) is 2. The van der Waals surface area contributed by atoms with Crippen LogP contribution in [0.3, 0.4) is 0 Å². The largest absolute Gasteiger partial charge is 0.493 e. The normalized spacial score (nSPS) is 10.0. The second-order valence-corrected chi connectivity index (χ2v) is 4.51. The number of Topliss-reactive ketones (excluding diaryl/α,β-unsaturated/α-hetero) is 1. The summed E-state index contributed by atoms with van der Waals surface area (Å²) in [4.78, 5) is 22.7. The maximum absolute atomic E-state index is 11.4. The lowest BCUT2D eigenvalue weighted by atomic mass is 10.1. The molecule has 1 amide bonds. The third-order valence-corrected chi connectivity index (χ3v) is 2.84. The fourth-order valence-corrected chi connectivity index (χ4v) is 1.72. The molecule has 0 atom stereocenters. The van der Waals surface area contributed by atoms with Crippen LogP contribution >= 0.6 is 0 Å². The fraction of sp³-hybridized carbons (Fsp3) is 0.467. The number of carbonyl (C=O) groups is 2. The summed E-state index contributed by atoms with van der Waals surface area (Å²) in [6.07, 6.45) is 0.974. The van der Waals surface area contributed by atoms with Crippen molar-refractivity contribution < 1.29 is 19.1 Å². The van der Waals surface area contributed by atoms with E-state index in [1.807, 2.05) is 0 Å². The van der Waals surface area contributed by atoms with Gasteiger partial charge in [-0.1, -0.05) is 0 Å². The molecule has 0 aromatic heterocycles. The lowest BCUT2D eigenvalue weighted by Gasteiger charge is -2.11. The summed E-state index contributed by atoms with van der Waals surface area (Å²) in [5.74, 6) is 1.000. The van der Waals surface area contributed by atoms with E-state index in [1.54, 1.807) is 18.2 Å². The third kappa shape index (κ3) is 5.83. The van der Waals surface area contributed by atoms with Crippen molar-refractivity contribution in [1.29, 1.82) is 0 Å². The first-order valence-electron chi connectivity index (χ1n) is 6.87. The summed E-state index contributed by atoms with van der Waals surface area (Å²) in [6.45, 7) is 2.81. The molecule has 116 valence electrons. The second kappa shape index (κ2) is 8.97. The Hall–Kier alpha value is -2.08. The van der Waals surface area contributed by atoms with Crippen molar-refractivity contribution in [2.75, 3.05) is 26.8 Å². The van der Waals surface area contributed by atoms with E-state index in [0.29, 0.717) is 49.6 Å². The average molecular weight is 294 g/mol. The van der Waals surface area contributed by atoms with E-state index in [2.05, 4.69) is 5.32 Å². The molecule has 0 aliphatic rings. The molecule has 3 N–H and O–H groups in total. The molecule has 0 saturated carbocycles. The molecule has 0 heterocycles. The van der Waals surface area contributed by atoms with Crippen LogP contribution in [0, 0.1) is 0 Å². The second-order valence-electron chi connectivity index (χ2n) is 4.51. The van der Waals surface area contributed by atoms with E-state index in [9.17, 15) is 9.59 Å². The van der Waals surface area contributed by atoms with Crippen LogP contribution in [0.1, 0.15) is 30.1 Å². The number of nitrogens with two attached hydrogens (primary N) is 1. The molecule has 6 heteroatoms. The number of ketones is 1. The summed E-state index contributed by atoms with van der Waals surface area (Å²) in [5, 5.41) is 2.69. The molecule has 6 nitrogen and oxygen atoms in total. The number of hydrogen-bond acceptors (Lipinski definition) is 5. The van der Waals surface area contributed by atoms with E-state index in [4.69, 9.17) is 15.2 Å². The van der Waals surface area contributed by atoms with Gasteiger partial charge in [0, 0.05) is 25.1 Å². The Labute approximate surface area is 124 Å². The number of hydrogen-bond donors (Lipinski definition) is 2. The number of nitrogens with one attached hydrogen (secondary N) is 1. The van der Waals surface area contributed by atoms with Crippen LogP contribution in [-0.2, 0) is 4.79 Å². The van der Waals surface area contributed by atoms with Crippen molar-refractivity contribution >= 4 is 11.7 Å². The zero-order valence-corrected chi connectivity index (χ0v) is 12.5. The Balaban J connectivity index is 2.45. The summed E-state index contributed by atoms with van der Waals surface area (Å²) in [6, 6.07) is 5.03. The molecule has 0 unspecified atom stereocenters. The molecule has 0 aliphatic carbocycles. The van der Waals surface area contributed by atoms with E-state index in [-0.39, 0.29) is 11.7 Å². The SMILES string of the molecule is COc1cc(C(C)=O)ccc1OCCCC(=O)NCCN. The molecule has 0 saturated heterocycles. The first-order chi connectivity index (χ1) is 10.1. The van der Waals surface area contributed by atoms with E-state index < -0.39 is 0 Å². The minimum Gasteiger partial charge on any atom is -0.493 e. The highest BCUT2D eigenvalue weighted by Gasteiger charge is 2.08. The Morgan fingerprint density at radius 3 is 2.67 bits per heavy atom. The highest BCUT2D eigenvalue weighted by molar-refractivity contribution is 5.94. The third-order valence-electron chi connectivity index (χ3n) is 2.84. The molecule has 0 bridgehead atoms. The quantitative estimate of drug-likeness (QED) is 0.526. The monoisotopic (exact) mass is 294 g/mol.